The summed E-state index contributed by atoms with van der Waals surface area (Å²) < 4.78 is 7.27. The molecule has 1 atom stereocenters. The number of hydrogen-bond acceptors (Lipinski definition) is 3. The molecule has 0 aliphatic carbocycles. The maximum Gasteiger partial charge on any atom is 0.120 e. The maximum absolute atomic E-state index is 9.02. The Labute approximate surface area is 120 Å². The molecule has 106 valence electrons. The minimum absolute atomic E-state index is 0.408. The summed E-state index contributed by atoms with van der Waals surface area (Å²) in [5.74, 6) is 1.03. The first-order valence-corrected chi connectivity index (χ1v) is 6.93. The van der Waals surface area contributed by atoms with Crippen molar-refractivity contribution >= 4 is 0 Å². The Bertz CT molecular complexity index is 590. The second-order valence-electron chi connectivity index (χ2n) is 5.21. The predicted molar refractivity (Wildman–Crippen MR) is 78.2 cm³/mol. The molecule has 0 aliphatic rings. The van der Waals surface area contributed by atoms with Crippen molar-refractivity contribution in [3.63, 3.8) is 0 Å². The third kappa shape index (κ3) is 3.31. The van der Waals surface area contributed by atoms with Crippen LogP contribution < -0.4 is 5.32 Å². The standard InChI is InChI=1S/C16H21N3O/c1-12(6-7-16-5-4-8-20-16)18-11-14-9-15(10-17)19(3)13(14)2/h4-5,8-9,12,18H,6-7,11H2,1-3H3. The van der Waals surface area contributed by atoms with Crippen LogP contribution in [0.2, 0.25) is 0 Å². The molecule has 0 radical (unpaired) electrons. The van der Waals surface area contributed by atoms with Gasteiger partial charge in [-0.2, -0.15) is 5.26 Å². The van der Waals surface area contributed by atoms with Crippen molar-refractivity contribution in [3.8, 4) is 6.07 Å². The van der Waals surface area contributed by atoms with Gasteiger partial charge in [0.05, 0.1) is 6.26 Å². The molecule has 0 bridgehead atoms. The molecule has 2 aromatic heterocycles. The molecule has 4 heteroatoms. The van der Waals surface area contributed by atoms with Crippen LogP contribution >= 0.6 is 0 Å². The van der Waals surface area contributed by atoms with Crippen molar-refractivity contribution in [2.45, 2.75) is 39.3 Å². The number of hydrogen-bond donors (Lipinski definition) is 1. The largest absolute Gasteiger partial charge is 0.469 e. The number of aromatic nitrogens is 1. The normalized spacial score (nSPS) is 12.3. The van der Waals surface area contributed by atoms with Gasteiger partial charge in [0.1, 0.15) is 17.5 Å². The molecule has 0 saturated heterocycles. The van der Waals surface area contributed by atoms with E-state index in [1.807, 2.05) is 36.7 Å². The van der Waals surface area contributed by atoms with E-state index in [1.165, 1.54) is 5.56 Å². The van der Waals surface area contributed by atoms with E-state index in [-0.39, 0.29) is 0 Å². The number of nitrogens with zero attached hydrogens (tertiary/aromatic N) is 2. The molecule has 2 aromatic rings. The van der Waals surface area contributed by atoms with Crippen LogP contribution in [0.15, 0.2) is 28.9 Å². The SMILES string of the molecule is Cc1c(CNC(C)CCc2ccco2)cc(C#N)n1C. The van der Waals surface area contributed by atoms with E-state index in [4.69, 9.17) is 9.68 Å². The van der Waals surface area contributed by atoms with Gasteiger partial charge in [0.15, 0.2) is 0 Å². The first-order valence-electron chi connectivity index (χ1n) is 6.93. The van der Waals surface area contributed by atoms with Crippen LogP contribution in [0.1, 0.15) is 36.1 Å². The molecule has 0 spiro atoms. The van der Waals surface area contributed by atoms with Crippen LogP contribution in [0.5, 0.6) is 0 Å². The van der Waals surface area contributed by atoms with Gasteiger partial charge in [-0.25, -0.2) is 0 Å². The van der Waals surface area contributed by atoms with Gasteiger partial charge >= 0.3 is 0 Å². The van der Waals surface area contributed by atoms with Crippen LogP contribution in [-0.2, 0) is 20.0 Å². The minimum Gasteiger partial charge on any atom is -0.469 e. The maximum atomic E-state index is 9.02. The van der Waals surface area contributed by atoms with Gasteiger partial charge in [0.25, 0.3) is 0 Å². The molecule has 1 unspecified atom stereocenters. The first kappa shape index (κ1) is 14.4. The minimum atomic E-state index is 0.408. The Morgan fingerprint density at radius 1 is 1.50 bits per heavy atom. The average Bonchev–Trinajstić information content (AvgIpc) is 3.05. The molecule has 2 rings (SSSR count). The lowest BCUT2D eigenvalue weighted by Gasteiger charge is -2.13. The summed E-state index contributed by atoms with van der Waals surface area (Å²) in [5, 5.41) is 12.5. The third-order valence-corrected chi connectivity index (χ3v) is 3.80. The van der Waals surface area contributed by atoms with Gasteiger partial charge in [-0.1, -0.05) is 0 Å². The van der Waals surface area contributed by atoms with Gasteiger partial charge < -0.3 is 14.3 Å². The molecular weight excluding hydrogens is 250 g/mol. The summed E-state index contributed by atoms with van der Waals surface area (Å²) in [4.78, 5) is 0. The number of nitriles is 1. The van der Waals surface area contributed by atoms with Gasteiger partial charge in [0, 0.05) is 31.7 Å². The van der Waals surface area contributed by atoms with E-state index in [0.717, 1.165) is 30.8 Å². The number of aryl methyl sites for hydroxylation is 1. The molecular formula is C16H21N3O. The molecule has 0 aliphatic heterocycles. The number of rotatable bonds is 6. The highest BCUT2D eigenvalue weighted by Gasteiger charge is 2.10. The highest BCUT2D eigenvalue weighted by molar-refractivity contribution is 5.34. The Morgan fingerprint density at radius 2 is 2.30 bits per heavy atom. The second-order valence-corrected chi connectivity index (χ2v) is 5.21. The fraction of sp³-hybridized carbons (Fsp3) is 0.438. The summed E-state index contributed by atoms with van der Waals surface area (Å²) in [7, 11) is 1.93. The fourth-order valence-corrected chi connectivity index (χ4v) is 2.25. The monoisotopic (exact) mass is 271 g/mol. The van der Waals surface area contributed by atoms with Crippen molar-refractivity contribution in [1.29, 1.82) is 5.26 Å². The van der Waals surface area contributed by atoms with Crippen molar-refractivity contribution in [2.75, 3.05) is 0 Å². The first-order chi connectivity index (χ1) is 9.61. The lowest BCUT2D eigenvalue weighted by atomic mass is 10.1. The number of furan rings is 1. The zero-order chi connectivity index (χ0) is 14.5. The van der Waals surface area contributed by atoms with E-state index in [1.54, 1.807) is 6.26 Å². The van der Waals surface area contributed by atoms with Crippen molar-refractivity contribution in [1.82, 2.24) is 9.88 Å². The van der Waals surface area contributed by atoms with Gasteiger partial charge in [-0.05, 0) is 44.0 Å². The van der Waals surface area contributed by atoms with Crippen molar-refractivity contribution in [2.24, 2.45) is 7.05 Å². The van der Waals surface area contributed by atoms with Crippen molar-refractivity contribution < 1.29 is 4.42 Å². The lowest BCUT2D eigenvalue weighted by Crippen LogP contribution is -2.26. The Hall–Kier alpha value is -1.99. The molecule has 0 saturated carbocycles. The summed E-state index contributed by atoms with van der Waals surface area (Å²) in [6.45, 7) is 5.01. The van der Waals surface area contributed by atoms with Gasteiger partial charge in [-0.3, -0.25) is 0 Å². The summed E-state index contributed by atoms with van der Waals surface area (Å²) in [5.41, 5.74) is 3.05. The zero-order valence-corrected chi connectivity index (χ0v) is 12.3. The second kappa shape index (κ2) is 6.44. The molecule has 0 fully saturated rings. The van der Waals surface area contributed by atoms with E-state index >= 15 is 0 Å². The molecule has 4 nitrogen and oxygen atoms in total. The highest BCUT2D eigenvalue weighted by Crippen LogP contribution is 2.14. The summed E-state index contributed by atoms with van der Waals surface area (Å²) >= 11 is 0. The molecule has 1 N–H and O–H groups in total. The molecule has 0 amide bonds. The van der Waals surface area contributed by atoms with Crippen LogP contribution in [0.3, 0.4) is 0 Å². The molecule has 2 heterocycles. The summed E-state index contributed by atoms with van der Waals surface area (Å²) in [6.07, 6.45) is 3.69. The van der Waals surface area contributed by atoms with E-state index < -0.39 is 0 Å². The number of nitrogens with one attached hydrogen (secondary N) is 1. The smallest absolute Gasteiger partial charge is 0.120 e. The molecule has 0 aromatic carbocycles. The predicted octanol–water partition coefficient (Wildman–Crippen LogP) is 2.91. The van der Waals surface area contributed by atoms with Gasteiger partial charge in [-0.15, -0.1) is 0 Å². The van der Waals surface area contributed by atoms with Crippen LogP contribution in [-0.4, -0.2) is 10.6 Å². The highest BCUT2D eigenvalue weighted by atomic mass is 16.3. The van der Waals surface area contributed by atoms with E-state index in [2.05, 4.69) is 18.3 Å². The van der Waals surface area contributed by atoms with Crippen LogP contribution in [0, 0.1) is 18.3 Å². The van der Waals surface area contributed by atoms with Gasteiger partial charge in [0.2, 0.25) is 0 Å². The molecule has 20 heavy (non-hydrogen) atoms. The Balaban J connectivity index is 1.84. The zero-order valence-electron chi connectivity index (χ0n) is 12.3. The Kier molecular flexibility index (Phi) is 4.65. The van der Waals surface area contributed by atoms with Crippen LogP contribution in [0.25, 0.3) is 0 Å². The average molecular weight is 271 g/mol. The van der Waals surface area contributed by atoms with E-state index in [0.29, 0.717) is 11.7 Å². The lowest BCUT2D eigenvalue weighted by molar-refractivity contribution is 0.459. The van der Waals surface area contributed by atoms with E-state index in [9.17, 15) is 0 Å². The fourth-order valence-electron chi connectivity index (χ4n) is 2.25. The topological polar surface area (TPSA) is 53.9 Å². The Morgan fingerprint density at radius 3 is 2.90 bits per heavy atom. The third-order valence-electron chi connectivity index (χ3n) is 3.80. The van der Waals surface area contributed by atoms with Crippen LogP contribution in [0.4, 0.5) is 0 Å². The summed E-state index contributed by atoms with van der Waals surface area (Å²) in [6, 6.07) is 8.51. The quantitative estimate of drug-likeness (QED) is 0.879. The van der Waals surface area contributed by atoms with Crippen molar-refractivity contribution in [3.05, 3.63) is 47.2 Å².